The van der Waals surface area contributed by atoms with E-state index in [1.165, 1.54) is 13.8 Å². The Balaban J connectivity index is 1.91. The zero-order chi connectivity index (χ0) is 27.1. The number of carbonyl (C=O) groups is 4. The maximum absolute atomic E-state index is 12.0. The van der Waals surface area contributed by atoms with E-state index in [2.05, 4.69) is 10.6 Å². The molecule has 11 nitrogen and oxygen atoms in total. The lowest BCUT2D eigenvalue weighted by Gasteiger charge is -2.44. The molecule has 0 aromatic heterocycles. The minimum absolute atomic E-state index is 0.109. The Morgan fingerprint density at radius 2 is 1.41 bits per heavy atom. The zero-order valence-electron chi connectivity index (χ0n) is 20.7. The molecule has 2 N–H and O–H groups in total. The molecule has 2 aromatic carbocycles. The molecule has 2 aromatic rings. The summed E-state index contributed by atoms with van der Waals surface area (Å²) < 4.78 is 27.3. The van der Waals surface area contributed by atoms with E-state index in [0.29, 0.717) is 5.69 Å². The Hall–Kier alpha value is -3.77. The van der Waals surface area contributed by atoms with Gasteiger partial charge in [-0.05, 0) is 23.7 Å². The fraction of sp³-hybridized carbons (Fsp3) is 0.400. The van der Waals surface area contributed by atoms with E-state index in [1.54, 1.807) is 0 Å². The van der Waals surface area contributed by atoms with Crippen molar-refractivity contribution in [2.45, 2.75) is 58.3 Å². The highest BCUT2D eigenvalue weighted by molar-refractivity contribution is 7.80. The van der Waals surface area contributed by atoms with E-state index in [-0.39, 0.29) is 11.7 Å². The van der Waals surface area contributed by atoms with Crippen molar-refractivity contribution in [3.63, 3.8) is 0 Å². The largest absolute Gasteiger partial charge is 0.463 e. The molecule has 3 rings (SSSR count). The molecular weight excluding hydrogens is 504 g/mol. The van der Waals surface area contributed by atoms with Crippen LogP contribution in [0.15, 0.2) is 42.5 Å². The van der Waals surface area contributed by atoms with Gasteiger partial charge in [0.2, 0.25) is 0 Å². The molecule has 0 spiro atoms. The summed E-state index contributed by atoms with van der Waals surface area (Å²) in [5, 5.41) is 8.03. The first-order valence-electron chi connectivity index (χ1n) is 11.4. The van der Waals surface area contributed by atoms with Crippen LogP contribution in [0.4, 0.5) is 5.69 Å². The van der Waals surface area contributed by atoms with Crippen LogP contribution < -0.4 is 10.6 Å². The fourth-order valence-corrected chi connectivity index (χ4v) is 4.19. The van der Waals surface area contributed by atoms with Crippen molar-refractivity contribution in [3.8, 4) is 0 Å². The van der Waals surface area contributed by atoms with Gasteiger partial charge < -0.3 is 34.3 Å². The van der Waals surface area contributed by atoms with Crippen LogP contribution in [0.5, 0.6) is 0 Å². The quantitative estimate of drug-likeness (QED) is 0.307. The number of rotatable bonds is 7. The second kappa shape index (κ2) is 12.5. The molecule has 0 saturated carbocycles. The smallest absolute Gasteiger partial charge is 0.303 e. The van der Waals surface area contributed by atoms with Gasteiger partial charge in [0, 0.05) is 38.8 Å². The van der Waals surface area contributed by atoms with Crippen molar-refractivity contribution in [3.05, 3.63) is 42.5 Å². The first-order valence-corrected chi connectivity index (χ1v) is 11.8. The number of esters is 4. The second-order valence-electron chi connectivity index (χ2n) is 8.25. The number of thiocarbonyl (C=S) groups is 1. The van der Waals surface area contributed by atoms with Crippen LogP contribution in [0.1, 0.15) is 27.7 Å². The van der Waals surface area contributed by atoms with Crippen molar-refractivity contribution in [2.24, 2.45) is 0 Å². The summed E-state index contributed by atoms with van der Waals surface area (Å²) >= 11 is 5.50. The number of benzene rings is 2. The summed E-state index contributed by atoms with van der Waals surface area (Å²) in [6.07, 6.45) is -6.07. The molecule has 1 aliphatic heterocycles. The summed E-state index contributed by atoms with van der Waals surface area (Å²) in [6, 6.07) is 13.3. The van der Waals surface area contributed by atoms with Gasteiger partial charge in [-0.2, -0.15) is 0 Å². The van der Waals surface area contributed by atoms with Crippen LogP contribution in [0.2, 0.25) is 0 Å². The summed E-state index contributed by atoms with van der Waals surface area (Å²) in [5.74, 6) is -2.73. The lowest BCUT2D eigenvalue weighted by atomic mass is 9.97. The van der Waals surface area contributed by atoms with Gasteiger partial charge >= 0.3 is 23.9 Å². The number of nitrogens with one attached hydrogen (secondary N) is 2. The van der Waals surface area contributed by atoms with E-state index >= 15 is 0 Å². The van der Waals surface area contributed by atoms with E-state index < -0.39 is 54.5 Å². The van der Waals surface area contributed by atoms with Gasteiger partial charge in [-0.1, -0.05) is 36.4 Å². The number of ether oxygens (including phenoxy) is 5. The molecule has 37 heavy (non-hydrogen) atoms. The standard InChI is InChI=1S/C25H28N2O9S/c1-13(28)32-12-20-21(33-14(2)29)22(34-15(3)30)23(35-16(4)31)24(36-20)27-25(37)26-19-11-7-9-17-8-5-6-10-18(17)19/h5-11,20-24H,12H2,1-4H3,(H2,26,27,37)/t20-,21-,22+,23+,24-/m1/s1. The van der Waals surface area contributed by atoms with Crippen LogP contribution >= 0.6 is 12.2 Å². The number of carbonyl (C=O) groups excluding carboxylic acids is 4. The van der Waals surface area contributed by atoms with Crippen molar-refractivity contribution in [1.29, 1.82) is 0 Å². The second-order valence-corrected chi connectivity index (χ2v) is 8.65. The van der Waals surface area contributed by atoms with Gasteiger partial charge in [-0.25, -0.2) is 0 Å². The van der Waals surface area contributed by atoms with Gasteiger partial charge in [0.05, 0.1) is 0 Å². The average molecular weight is 533 g/mol. The van der Waals surface area contributed by atoms with Gasteiger partial charge in [0.15, 0.2) is 29.7 Å². The number of fused-ring (bicyclic) bond motifs is 1. The van der Waals surface area contributed by atoms with Crippen LogP contribution in [-0.4, -0.2) is 66.2 Å². The zero-order valence-corrected chi connectivity index (χ0v) is 21.5. The molecular formula is C25H28N2O9S. The minimum atomic E-state index is -1.29. The number of anilines is 1. The van der Waals surface area contributed by atoms with Gasteiger partial charge in [0.25, 0.3) is 0 Å². The molecule has 0 unspecified atom stereocenters. The van der Waals surface area contributed by atoms with Crippen LogP contribution in [-0.2, 0) is 42.9 Å². The molecule has 1 saturated heterocycles. The topological polar surface area (TPSA) is 138 Å². The predicted molar refractivity (Wildman–Crippen MR) is 135 cm³/mol. The Kier molecular flexibility index (Phi) is 9.36. The summed E-state index contributed by atoms with van der Waals surface area (Å²) in [7, 11) is 0. The molecule has 5 atom stereocenters. The third-order valence-corrected chi connectivity index (χ3v) is 5.52. The SMILES string of the molecule is CC(=O)OC[C@H]1O[C@@H](NC(=S)Nc2cccc3ccccc23)[C@@H](OC(C)=O)[C@@H](OC(C)=O)[C@@H]1OC(C)=O. The highest BCUT2D eigenvalue weighted by Crippen LogP contribution is 2.29. The van der Waals surface area contributed by atoms with Crippen molar-refractivity contribution < 1.29 is 42.9 Å². The van der Waals surface area contributed by atoms with Crippen molar-refractivity contribution >= 4 is 57.7 Å². The minimum Gasteiger partial charge on any atom is -0.463 e. The molecule has 0 amide bonds. The summed E-state index contributed by atoms with van der Waals surface area (Å²) in [4.78, 5) is 47.2. The molecule has 12 heteroatoms. The number of hydrogen-bond donors (Lipinski definition) is 2. The summed E-state index contributed by atoms with van der Waals surface area (Å²) in [5.41, 5.74) is 0.709. The first-order chi connectivity index (χ1) is 17.5. The maximum Gasteiger partial charge on any atom is 0.303 e. The maximum atomic E-state index is 12.0. The van der Waals surface area contributed by atoms with Gasteiger partial charge in [-0.3, -0.25) is 19.2 Å². The van der Waals surface area contributed by atoms with Crippen molar-refractivity contribution in [1.82, 2.24) is 5.32 Å². The first kappa shape index (κ1) is 27.8. The molecule has 1 fully saturated rings. The lowest BCUT2D eigenvalue weighted by molar-refractivity contribution is -0.254. The molecule has 0 aliphatic carbocycles. The normalized spacial score (nSPS) is 22.9. The Labute approximate surface area is 218 Å². The summed E-state index contributed by atoms with van der Waals surface area (Å²) in [6.45, 7) is 4.34. The highest BCUT2D eigenvalue weighted by atomic mass is 32.1. The Morgan fingerprint density at radius 3 is 2.05 bits per heavy atom. The van der Waals surface area contributed by atoms with Crippen LogP contribution in [0.3, 0.4) is 0 Å². The molecule has 0 bridgehead atoms. The average Bonchev–Trinajstić information content (AvgIpc) is 2.81. The fourth-order valence-electron chi connectivity index (χ4n) is 3.97. The van der Waals surface area contributed by atoms with Gasteiger partial charge in [0.1, 0.15) is 12.7 Å². The third-order valence-electron chi connectivity index (χ3n) is 5.30. The van der Waals surface area contributed by atoms with Gasteiger partial charge in [-0.15, -0.1) is 0 Å². The number of hydrogen-bond acceptors (Lipinski definition) is 10. The lowest BCUT2D eigenvalue weighted by Crippen LogP contribution is -2.66. The highest BCUT2D eigenvalue weighted by Gasteiger charge is 2.52. The Bertz CT molecular complexity index is 1180. The Morgan fingerprint density at radius 1 is 0.811 bits per heavy atom. The molecule has 198 valence electrons. The molecule has 1 heterocycles. The van der Waals surface area contributed by atoms with Crippen molar-refractivity contribution in [2.75, 3.05) is 11.9 Å². The monoisotopic (exact) mass is 532 g/mol. The van der Waals surface area contributed by atoms with E-state index in [4.69, 9.17) is 35.9 Å². The third kappa shape index (κ3) is 7.61. The van der Waals surface area contributed by atoms with Crippen LogP contribution in [0.25, 0.3) is 10.8 Å². The molecule has 1 aliphatic rings. The molecule has 0 radical (unpaired) electrons. The van der Waals surface area contributed by atoms with Crippen LogP contribution in [0, 0.1) is 0 Å². The van der Waals surface area contributed by atoms with E-state index in [9.17, 15) is 19.2 Å². The van der Waals surface area contributed by atoms with E-state index in [0.717, 1.165) is 24.6 Å². The predicted octanol–water partition coefficient (Wildman–Crippen LogP) is 2.21. The van der Waals surface area contributed by atoms with E-state index in [1.807, 2.05) is 42.5 Å².